The maximum absolute atomic E-state index is 11.4. The zero-order valence-electron chi connectivity index (χ0n) is 10.0. The highest BCUT2D eigenvalue weighted by Gasteiger charge is 2.13. The number of aromatic nitrogens is 2. The van der Waals surface area contributed by atoms with Gasteiger partial charge in [-0.2, -0.15) is 4.98 Å². The van der Waals surface area contributed by atoms with E-state index in [0.29, 0.717) is 31.3 Å². The first-order valence-electron chi connectivity index (χ1n) is 5.55. The van der Waals surface area contributed by atoms with E-state index in [2.05, 4.69) is 10.1 Å². The Morgan fingerprint density at radius 2 is 2.25 bits per heavy atom. The van der Waals surface area contributed by atoms with Crippen LogP contribution in [0.4, 0.5) is 0 Å². The van der Waals surface area contributed by atoms with Gasteiger partial charge in [-0.15, -0.1) is 0 Å². The van der Waals surface area contributed by atoms with E-state index in [1.165, 1.54) is 0 Å². The molecule has 0 spiro atoms. The van der Waals surface area contributed by atoms with Gasteiger partial charge in [-0.1, -0.05) is 19.0 Å². The number of hydrogen-bond donors (Lipinski definition) is 0. The summed E-state index contributed by atoms with van der Waals surface area (Å²) in [5.74, 6) is 1.10. The molecule has 16 heavy (non-hydrogen) atoms. The Labute approximate surface area is 95.2 Å². The quantitative estimate of drug-likeness (QED) is 0.658. The van der Waals surface area contributed by atoms with Gasteiger partial charge in [0.25, 0.3) is 0 Å². The minimum atomic E-state index is -0.00113. The van der Waals surface area contributed by atoms with Gasteiger partial charge in [-0.3, -0.25) is 4.79 Å². The van der Waals surface area contributed by atoms with Gasteiger partial charge < -0.3 is 9.26 Å². The van der Waals surface area contributed by atoms with Gasteiger partial charge in [0.1, 0.15) is 5.78 Å². The smallest absolute Gasteiger partial charge is 0.234 e. The molecule has 5 heteroatoms. The Balaban J connectivity index is 2.42. The first kappa shape index (κ1) is 12.8. The second kappa shape index (κ2) is 6.37. The fourth-order valence-corrected chi connectivity index (χ4v) is 1.12. The van der Waals surface area contributed by atoms with Crippen molar-refractivity contribution in [1.82, 2.24) is 10.1 Å². The Kier molecular flexibility index (Phi) is 5.11. The normalized spacial score (nSPS) is 11.0. The van der Waals surface area contributed by atoms with Crippen molar-refractivity contribution in [2.24, 2.45) is 5.92 Å². The monoisotopic (exact) mass is 226 g/mol. The van der Waals surface area contributed by atoms with E-state index in [1.807, 2.05) is 20.8 Å². The second-order valence-electron chi connectivity index (χ2n) is 3.85. The maximum Gasteiger partial charge on any atom is 0.234 e. The molecular weight excluding hydrogens is 208 g/mol. The lowest BCUT2D eigenvalue weighted by molar-refractivity contribution is -0.121. The lowest BCUT2D eigenvalue weighted by Gasteiger charge is -1.98. The van der Waals surface area contributed by atoms with Crippen LogP contribution in [0.25, 0.3) is 0 Å². The molecule has 1 aromatic rings. The molecule has 0 aromatic carbocycles. The molecule has 0 atom stereocenters. The summed E-state index contributed by atoms with van der Waals surface area (Å²) >= 11 is 0. The topological polar surface area (TPSA) is 65.2 Å². The van der Waals surface area contributed by atoms with Crippen LogP contribution in [0.1, 0.15) is 32.5 Å². The first-order chi connectivity index (χ1) is 7.63. The van der Waals surface area contributed by atoms with Crippen LogP contribution in [0.15, 0.2) is 4.52 Å². The molecule has 0 aliphatic heterocycles. The highest BCUT2D eigenvalue weighted by atomic mass is 16.5. The molecule has 0 aliphatic rings. The molecule has 90 valence electrons. The van der Waals surface area contributed by atoms with Crippen LogP contribution in [0.5, 0.6) is 0 Å². The van der Waals surface area contributed by atoms with Crippen molar-refractivity contribution in [3.05, 3.63) is 11.7 Å². The number of carbonyl (C=O) groups excluding carboxylic acids is 1. The van der Waals surface area contributed by atoms with E-state index < -0.39 is 0 Å². The van der Waals surface area contributed by atoms with E-state index >= 15 is 0 Å². The van der Waals surface area contributed by atoms with Gasteiger partial charge in [0.05, 0.1) is 13.0 Å². The molecular formula is C11H18N2O3. The minimum Gasteiger partial charge on any atom is -0.381 e. The molecule has 0 fully saturated rings. The number of nitrogens with zero attached hydrogens (tertiary/aromatic N) is 2. The van der Waals surface area contributed by atoms with Gasteiger partial charge in [-0.25, -0.2) is 0 Å². The molecule has 0 amide bonds. The van der Waals surface area contributed by atoms with Crippen LogP contribution >= 0.6 is 0 Å². The van der Waals surface area contributed by atoms with Crippen molar-refractivity contribution >= 4 is 5.78 Å². The summed E-state index contributed by atoms with van der Waals surface area (Å²) in [7, 11) is 0. The summed E-state index contributed by atoms with van der Waals surface area (Å²) in [4.78, 5) is 15.6. The molecule has 0 aliphatic carbocycles. The fraction of sp³-hybridized carbons (Fsp3) is 0.727. The van der Waals surface area contributed by atoms with Crippen LogP contribution in [0.2, 0.25) is 0 Å². The Hall–Kier alpha value is -1.23. The summed E-state index contributed by atoms with van der Waals surface area (Å²) in [6, 6.07) is 0. The van der Waals surface area contributed by atoms with Gasteiger partial charge in [0.2, 0.25) is 5.89 Å². The minimum absolute atomic E-state index is 0.00113. The standard InChI is InChI=1S/C11H18N2O3/c1-4-15-6-5-10-12-11(16-13-10)7-9(14)8(2)3/h8H,4-7H2,1-3H3. The van der Waals surface area contributed by atoms with Crippen molar-refractivity contribution in [1.29, 1.82) is 0 Å². The highest BCUT2D eigenvalue weighted by molar-refractivity contribution is 5.81. The second-order valence-corrected chi connectivity index (χ2v) is 3.85. The Bertz CT molecular complexity index is 334. The number of Topliss-reactive ketones (excluding diaryl/α,β-unsaturated/α-hetero) is 1. The fourth-order valence-electron chi connectivity index (χ4n) is 1.12. The number of rotatable bonds is 7. The largest absolute Gasteiger partial charge is 0.381 e. The van der Waals surface area contributed by atoms with E-state index in [4.69, 9.17) is 9.26 Å². The van der Waals surface area contributed by atoms with Crippen LogP contribution < -0.4 is 0 Å². The molecule has 0 saturated heterocycles. The Morgan fingerprint density at radius 1 is 1.50 bits per heavy atom. The molecule has 1 aromatic heterocycles. The third-order valence-corrected chi connectivity index (χ3v) is 2.15. The number of carbonyl (C=O) groups is 1. The van der Waals surface area contributed by atoms with E-state index in [-0.39, 0.29) is 18.1 Å². The van der Waals surface area contributed by atoms with Crippen molar-refractivity contribution in [2.75, 3.05) is 13.2 Å². The molecule has 5 nitrogen and oxygen atoms in total. The maximum atomic E-state index is 11.4. The molecule has 0 unspecified atom stereocenters. The summed E-state index contributed by atoms with van der Waals surface area (Å²) in [5.41, 5.74) is 0. The van der Waals surface area contributed by atoms with Crippen LogP contribution in [0.3, 0.4) is 0 Å². The number of ketones is 1. The molecule has 0 radical (unpaired) electrons. The molecule has 1 heterocycles. The summed E-state index contributed by atoms with van der Waals surface area (Å²) in [6.07, 6.45) is 0.840. The summed E-state index contributed by atoms with van der Waals surface area (Å²) in [6.45, 7) is 6.90. The van der Waals surface area contributed by atoms with E-state index in [9.17, 15) is 4.79 Å². The molecule has 0 bridgehead atoms. The van der Waals surface area contributed by atoms with Gasteiger partial charge in [-0.05, 0) is 6.92 Å². The third kappa shape index (κ3) is 4.10. The first-order valence-corrected chi connectivity index (χ1v) is 5.55. The predicted octanol–water partition coefficient (Wildman–Crippen LogP) is 1.42. The number of hydrogen-bond acceptors (Lipinski definition) is 5. The zero-order chi connectivity index (χ0) is 12.0. The van der Waals surface area contributed by atoms with Crippen molar-refractivity contribution in [2.45, 2.75) is 33.6 Å². The SMILES string of the molecule is CCOCCc1noc(CC(=O)C(C)C)n1. The lowest BCUT2D eigenvalue weighted by atomic mass is 10.1. The highest BCUT2D eigenvalue weighted by Crippen LogP contribution is 2.04. The third-order valence-electron chi connectivity index (χ3n) is 2.15. The molecule has 0 N–H and O–H groups in total. The van der Waals surface area contributed by atoms with Crippen LogP contribution in [-0.2, 0) is 22.4 Å². The average Bonchev–Trinajstić information content (AvgIpc) is 2.66. The van der Waals surface area contributed by atoms with Crippen molar-refractivity contribution < 1.29 is 14.1 Å². The number of ether oxygens (including phenoxy) is 1. The summed E-state index contributed by atoms with van der Waals surface area (Å²) in [5, 5.41) is 3.78. The predicted molar refractivity (Wildman–Crippen MR) is 58.0 cm³/mol. The molecule has 1 rings (SSSR count). The van der Waals surface area contributed by atoms with Crippen LogP contribution in [-0.4, -0.2) is 29.1 Å². The average molecular weight is 226 g/mol. The molecule has 0 saturated carbocycles. The van der Waals surface area contributed by atoms with Crippen molar-refractivity contribution in [3.8, 4) is 0 Å². The zero-order valence-corrected chi connectivity index (χ0v) is 10.0. The van der Waals surface area contributed by atoms with E-state index in [0.717, 1.165) is 0 Å². The lowest BCUT2D eigenvalue weighted by Crippen LogP contribution is -2.10. The Morgan fingerprint density at radius 3 is 2.88 bits per heavy atom. The summed E-state index contributed by atoms with van der Waals surface area (Å²) < 4.78 is 10.2. The van der Waals surface area contributed by atoms with Crippen LogP contribution in [0, 0.1) is 5.92 Å². The van der Waals surface area contributed by atoms with Gasteiger partial charge in [0.15, 0.2) is 5.82 Å². The van der Waals surface area contributed by atoms with E-state index in [1.54, 1.807) is 0 Å². The van der Waals surface area contributed by atoms with Gasteiger partial charge in [0, 0.05) is 18.9 Å². The van der Waals surface area contributed by atoms with Crippen molar-refractivity contribution in [3.63, 3.8) is 0 Å². The van der Waals surface area contributed by atoms with Gasteiger partial charge >= 0.3 is 0 Å².